The SMILES string of the molecule is C=CCCCc1cc(F)cc(C)c1-c1cc([C@@H](N)CC(=O)OCC)c(F)c(C(F)(F)F)c1. The van der Waals surface area contributed by atoms with Gasteiger partial charge >= 0.3 is 12.1 Å². The highest BCUT2D eigenvalue weighted by molar-refractivity contribution is 5.74. The molecule has 0 aliphatic heterocycles. The van der Waals surface area contributed by atoms with Gasteiger partial charge in [0, 0.05) is 11.6 Å². The van der Waals surface area contributed by atoms with Gasteiger partial charge in [-0.25, -0.2) is 8.78 Å². The van der Waals surface area contributed by atoms with E-state index in [2.05, 4.69) is 6.58 Å². The van der Waals surface area contributed by atoms with Crippen molar-refractivity contribution < 1.29 is 31.5 Å². The molecular weight excluding hydrogens is 429 g/mol. The van der Waals surface area contributed by atoms with Gasteiger partial charge in [0.15, 0.2) is 0 Å². The minimum absolute atomic E-state index is 0.0548. The number of esters is 1. The molecule has 8 heteroatoms. The summed E-state index contributed by atoms with van der Waals surface area (Å²) in [7, 11) is 0. The van der Waals surface area contributed by atoms with Crippen LogP contribution in [0.5, 0.6) is 0 Å². The fourth-order valence-electron chi connectivity index (χ4n) is 3.64. The largest absolute Gasteiger partial charge is 0.466 e. The summed E-state index contributed by atoms with van der Waals surface area (Å²) in [5, 5.41) is 0. The Morgan fingerprint density at radius 3 is 2.50 bits per heavy atom. The average molecular weight is 455 g/mol. The normalized spacial score (nSPS) is 12.5. The molecule has 174 valence electrons. The molecule has 0 aromatic heterocycles. The molecule has 2 N–H and O–H groups in total. The third-order valence-corrected chi connectivity index (χ3v) is 5.02. The van der Waals surface area contributed by atoms with Crippen LogP contribution in [-0.2, 0) is 22.1 Å². The molecule has 0 saturated carbocycles. The number of allylic oxidation sites excluding steroid dienone is 1. The van der Waals surface area contributed by atoms with Crippen LogP contribution < -0.4 is 5.73 Å². The topological polar surface area (TPSA) is 52.3 Å². The summed E-state index contributed by atoms with van der Waals surface area (Å²) in [4.78, 5) is 11.8. The van der Waals surface area contributed by atoms with Gasteiger partial charge in [0.2, 0.25) is 0 Å². The quantitative estimate of drug-likeness (QED) is 0.205. The number of nitrogens with two attached hydrogens (primary N) is 1. The molecule has 0 amide bonds. The number of aryl methyl sites for hydroxylation is 2. The molecule has 0 radical (unpaired) electrons. The first-order valence-corrected chi connectivity index (χ1v) is 10.2. The average Bonchev–Trinajstić information content (AvgIpc) is 2.67. The molecule has 2 rings (SSSR count). The lowest BCUT2D eigenvalue weighted by atomic mass is 9.88. The Bertz CT molecular complexity index is 985. The Balaban J connectivity index is 2.69. The van der Waals surface area contributed by atoms with E-state index >= 15 is 0 Å². The van der Waals surface area contributed by atoms with Crippen molar-refractivity contribution >= 4 is 5.97 Å². The predicted octanol–water partition coefficient (Wildman–Crippen LogP) is 6.42. The number of unbranched alkanes of at least 4 members (excludes halogenated alkanes) is 1. The van der Waals surface area contributed by atoms with E-state index in [9.17, 15) is 26.7 Å². The smallest absolute Gasteiger partial charge is 0.419 e. The van der Waals surface area contributed by atoms with Gasteiger partial charge in [-0.1, -0.05) is 6.08 Å². The van der Waals surface area contributed by atoms with Gasteiger partial charge in [0.1, 0.15) is 11.6 Å². The van der Waals surface area contributed by atoms with Gasteiger partial charge in [-0.3, -0.25) is 4.79 Å². The molecule has 0 unspecified atom stereocenters. The lowest BCUT2D eigenvalue weighted by molar-refractivity contribution is -0.143. The zero-order valence-corrected chi connectivity index (χ0v) is 18.0. The Kier molecular flexibility index (Phi) is 8.55. The summed E-state index contributed by atoms with van der Waals surface area (Å²) < 4.78 is 74.6. The number of rotatable bonds is 9. The van der Waals surface area contributed by atoms with Crippen molar-refractivity contribution in [2.45, 2.75) is 51.7 Å². The number of ether oxygens (including phenoxy) is 1. The van der Waals surface area contributed by atoms with Gasteiger partial charge < -0.3 is 10.5 Å². The van der Waals surface area contributed by atoms with Crippen molar-refractivity contribution in [3.8, 4) is 11.1 Å². The number of halogens is 5. The lowest BCUT2D eigenvalue weighted by Gasteiger charge is -2.20. The van der Waals surface area contributed by atoms with Crippen LogP contribution in [0.1, 0.15) is 54.5 Å². The van der Waals surface area contributed by atoms with E-state index in [0.717, 1.165) is 0 Å². The van der Waals surface area contributed by atoms with Crippen LogP contribution in [0.2, 0.25) is 0 Å². The van der Waals surface area contributed by atoms with E-state index in [0.29, 0.717) is 42.0 Å². The first kappa shape index (κ1) is 25.5. The second-order valence-corrected chi connectivity index (χ2v) is 7.48. The third-order valence-electron chi connectivity index (χ3n) is 5.02. The molecule has 0 aliphatic carbocycles. The third kappa shape index (κ3) is 6.16. The molecule has 0 aliphatic rings. The maximum absolute atomic E-state index is 14.8. The highest BCUT2D eigenvalue weighted by Crippen LogP contribution is 2.40. The fraction of sp³-hybridized carbons (Fsp3) is 0.375. The van der Waals surface area contributed by atoms with Crippen LogP contribution in [0.15, 0.2) is 36.9 Å². The number of carbonyl (C=O) groups is 1. The summed E-state index contributed by atoms with van der Waals surface area (Å²) in [6, 6.07) is 3.03. The maximum Gasteiger partial charge on any atom is 0.419 e. The molecule has 3 nitrogen and oxygen atoms in total. The standard InChI is InChI=1S/C24H26F5NO2/c1-4-6-7-8-15-10-17(25)9-14(3)22(15)16-11-18(20(30)13-21(31)32-5-2)23(26)19(12-16)24(27,28)29/h4,9-12,20H,1,5-8,13,30H2,2-3H3/t20-/m0/s1. The molecule has 2 aromatic carbocycles. The Hall–Kier alpha value is -2.74. The van der Waals surface area contributed by atoms with Gasteiger partial charge in [-0.15, -0.1) is 6.58 Å². The van der Waals surface area contributed by atoms with Crippen molar-refractivity contribution in [2.24, 2.45) is 5.73 Å². The van der Waals surface area contributed by atoms with Crippen LogP contribution in [0.25, 0.3) is 11.1 Å². The number of carbonyl (C=O) groups excluding carboxylic acids is 1. The van der Waals surface area contributed by atoms with E-state index < -0.39 is 47.4 Å². The Labute approximate surface area is 184 Å². The zero-order valence-electron chi connectivity index (χ0n) is 18.0. The molecule has 0 saturated heterocycles. The monoisotopic (exact) mass is 455 g/mol. The molecule has 0 fully saturated rings. The first-order valence-electron chi connectivity index (χ1n) is 10.2. The Morgan fingerprint density at radius 1 is 1.22 bits per heavy atom. The minimum Gasteiger partial charge on any atom is -0.466 e. The number of hydrogen-bond acceptors (Lipinski definition) is 3. The summed E-state index contributed by atoms with van der Waals surface area (Å²) in [6.45, 7) is 6.83. The first-order chi connectivity index (χ1) is 15.0. The predicted molar refractivity (Wildman–Crippen MR) is 113 cm³/mol. The van der Waals surface area contributed by atoms with E-state index in [4.69, 9.17) is 10.5 Å². The van der Waals surface area contributed by atoms with Crippen LogP contribution in [0.4, 0.5) is 22.0 Å². The number of alkyl halides is 3. The summed E-state index contributed by atoms with van der Waals surface area (Å²) in [5.74, 6) is -2.80. The van der Waals surface area contributed by atoms with E-state index in [1.54, 1.807) is 19.9 Å². The van der Waals surface area contributed by atoms with Crippen LogP contribution in [0.3, 0.4) is 0 Å². The molecule has 0 bridgehead atoms. The Morgan fingerprint density at radius 2 is 1.91 bits per heavy atom. The fourth-order valence-corrected chi connectivity index (χ4v) is 3.64. The van der Waals surface area contributed by atoms with E-state index in [1.807, 2.05) is 0 Å². The summed E-state index contributed by atoms with van der Waals surface area (Å²) in [5.41, 5.74) is 5.29. The molecule has 0 spiro atoms. The highest BCUT2D eigenvalue weighted by atomic mass is 19.4. The van der Waals surface area contributed by atoms with E-state index in [1.165, 1.54) is 18.2 Å². The number of hydrogen-bond donors (Lipinski definition) is 1. The van der Waals surface area contributed by atoms with Crippen LogP contribution >= 0.6 is 0 Å². The van der Waals surface area contributed by atoms with Gasteiger partial charge in [-0.2, -0.15) is 13.2 Å². The lowest BCUT2D eigenvalue weighted by Crippen LogP contribution is -2.21. The van der Waals surface area contributed by atoms with Crippen LogP contribution in [-0.4, -0.2) is 12.6 Å². The molecule has 0 heterocycles. The minimum atomic E-state index is -4.99. The summed E-state index contributed by atoms with van der Waals surface area (Å²) in [6.07, 6.45) is -2.14. The van der Waals surface area contributed by atoms with Gasteiger partial charge in [0.05, 0.1) is 18.6 Å². The van der Waals surface area contributed by atoms with Crippen LogP contribution in [0, 0.1) is 18.6 Å². The number of benzene rings is 2. The van der Waals surface area contributed by atoms with Gasteiger partial charge in [-0.05, 0) is 79.6 Å². The zero-order chi connectivity index (χ0) is 24.1. The van der Waals surface area contributed by atoms with E-state index in [-0.39, 0.29) is 12.2 Å². The van der Waals surface area contributed by atoms with Crippen molar-refractivity contribution in [3.63, 3.8) is 0 Å². The van der Waals surface area contributed by atoms with Crippen molar-refractivity contribution in [1.82, 2.24) is 0 Å². The maximum atomic E-state index is 14.8. The molecule has 2 aromatic rings. The molecule has 1 atom stereocenters. The second kappa shape index (κ2) is 10.7. The van der Waals surface area contributed by atoms with Gasteiger partial charge in [0.25, 0.3) is 0 Å². The van der Waals surface area contributed by atoms with Crippen molar-refractivity contribution in [3.05, 3.63) is 70.8 Å². The highest BCUT2D eigenvalue weighted by Gasteiger charge is 2.37. The molecular formula is C24H26F5NO2. The summed E-state index contributed by atoms with van der Waals surface area (Å²) >= 11 is 0. The van der Waals surface area contributed by atoms with Crippen molar-refractivity contribution in [2.75, 3.05) is 6.61 Å². The molecule has 32 heavy (non-hydrogen) atoms. The second-order valence-electron chi connectivity index (χ2n) is 7.48. The van der Waals surface area contributed by atoms with Crippen molar-refractivity contribution in [1.29, 1.82) is 0 Å².